The minimum atomic E-state index is -0.974. The molecule has 2 heterocycles. The average Bonchev–Trinajstić information content (AvgIpc) is 2.97. The van der Waals surface area contributed by atoms with Gasteiger partial charge in [-0.2, -0.15) is 5.26 Å². The Bertz CT molecular complexity index is 599. The van der Waals surface area contributed by atoms with Crippen LogP contribution in [0.25, 0.3) is 0 Å². The number of hydrogen-bond acceptors (Lipinski definition) is 4. The van der Waals surface area contributed by atoms with Crippen LogP contribution in [-0.4, -0.2) is 39.4 Å². The molecule has 0 aliphatic carbocycles. The lowest BCUT2D eigenvalue weighted by Crippen LogP contribution is -2.51. The summed E-state index contributed by atoms with van der Waals surface area (Å²) in [7, 11) is 0. The Morgan fingerprint density at radius 3 is 2.86 bits per heavy atom. The minimum Gasteiger partial charge on any atom is -0.363 e. The number of nitrogens with two attached hydrogens (primary N) is 1. The van der Waals surface area contributed by atoms with Gasteiger partial charge < -0.3 is 15.2 Å². The first-order chi connectivity index (χ1) is 9.87. The summed E-state index contributed by atoms with van der Waals surface area (Å²) in [6, 6.07) is 2.22. The van der Waals surface area contributed by atoms with Gasteiger partial charge in [0.05, 0.1) is 12.0 Å². The molecule has 21 heavy (non-hydrogen) atoms. The molecule has 7 heteroatoms. The number of rotatable bonds is 3. The van der Waals surface area contributed by atoms with Crippen molar-refractivity contribution in [3.8, 4) is 6.07 Å². The zero-order valence-corrected chi connectivity index (χ0v) is 12.2. The van der Waals surface area contributed by atoms with Gasteiger partial charge in [0.25, 0.3) is 5.91 Å². The summed E-state index contributed by atoms with van der Waals surface area (Å²) in [5.41, 5.74) is 4.31. The SMILES string of the molecule is CC(C)(C(=O)N1CCCC(C#N)C1)n1ccnc1C(N)=O. The number of primary amides is 1. The van der Waals surface area contributed by atoms with E-state index in [1.807, 2.05) is 0 Å². The highest BCUT2D eigenvalue weighted by Crippen LogP contribution is 2.24. The van der Waals surface area contributed by atoms with Crippen LogP contribution >= 0.6 is 0 Å². The first kappa shape index (κ1) is 15.0. The molecule has 1 aromatic heterocycles. The van der Waals surface area contributed by atoms with Crippen LogP contribution in [0.15, 0.2) is 12.4 Å². The zero-order chi connectivity index (χ0) is 15.6. The van der Waals surface area contributed by atoms with Gasteiger partial charge in [0.2, 0.25) is 5.91 Å². The number of piperidine rings is 1. The molecule has 1 fully saturated rings. The number of aromatic nitrogens is 2. The summed E-state index contributed by atoms with van der Waals surface area (Å²) in [5.74, 6) is -0.878. The van der Waals surface area contributed by atoms with Gasteiger partial charge in [-0.15, -0.1) is 0 Å². The van der Waals surface area contributed by atoms with Crippen molar-refractivity contribution in [2.45, 2.75) is 32.2 Å². The van der Waals surface area contributed by atoms with Crippen molar-refractivity contribution in [3.05, 3.63) is 18.2 Å². The number of carbonyl (C=O) groups is 2. The average molecular weight is 289 g/mol. The molecule has 1 aliphatic rings. The van der Waals surface area contributed by atoms with E-state index >= 15 is 0 Å². The van der Waals surface area contributed by atoms with Crippen molar-refractivity contribution < 1.29 is 9.59 Å². The fourth-order valence-corrected chi connectivity index (χ4v) is 2.69. The lowest BCUT2D eigenvalue weighted by Gasteiger charge is -2.36. The third-order valence-electron chi connectivity index (χ3n) is 3.88. The normalized spacial score (nSPS) is 19.1. The Balaban J connectivity index is 2.26. The van der Waals surface area contributed by atoms with E-state index in [-0.39, 0.29) is 17.6 Å². The van der Waals surface area contributed by atoms with Gasteiger partial charge in [-0.25, -0.2) is 4.98 Å². The summed E-state index contributed by atoms with van der Waals surface area (Å²) < 4.78 is 1.49. The monoisotopic (exact) mass is 289 g/mol. The van der Waals surface area contributed by atoms with Crippen LogP contribution in [-0.2, 0) is 10.3 Å². The number of hydrogen-bond donors (Lipinski definition) is 1. The molecule has 112 valence electrons. The van der Waals surface area contributed by atoms with Crippen LogP contribution in [0.3, 0.4) is 0 Å². The van der Waals surface area contributed by atoms with Crippen LogP contribution in [0.4, 0.5) is 0 Å². The summed E-state index contributed by atoms with van der Waals surface area (Å²) in [6.45, 7) is 4.50. The molecule has 0 spiro atoms. The predicted octanol–water partition coefficient (Wildman–Crippen LogP) is 0.479. The van der Waals surface area contributed by atoms with Crippen LogP contribution in [0.1, 0.15) is 37.3 Å². The van der Waals surface area contributed by atoms with Crippen LogP contribution < -0.4 is 5.73 Å². The first-order valence-electron chi connectivity index (χ1n) is 6.90. The Morgan fingerprint density at radius 1 is 1.52 bits per heavy atom. The van der Waals surface area contributed by atoms with Crippen LogP contribution in [0, 0.1) is 17.2 Å². The number of nitrogens with zero attached hydrogens (tertiary/aromatic N) is 4. The fraction of sp³-hybridized carbons (Fsp3) is 0.571. The molecule has 0 radical (unpaired) electrons. The standard InChI is InChI=1S/C14H19N5O2/c1-14(2,19-7-5-17-12(19)11(16)20)13(21)18-6-3-4-10(8-15)9-18/h5,7,10H,3-4,6,9H2,1-2H3,(H2,16,20). The van der Waals surface area contributed by atoms with E-state index in [9.17, 15) is 9.59 Å². The van der Waals surface area contributed by atoms with E-state index in [0.29, 0.717) is 13.1 Å². The van der Waals surface area contributed by atoms with Crippen molar-refractivity contribution in [2.75, 3.05) is 13.1 Å². The second kappa shape index (κ2) is 5.56. The maximum Gasteiger partial charge on any atom is 0.284 e. The van der Waals surface area contributed by atoms with E-state index < -0.39 is 11.4 Å². The molecule has 0 aromatic carbocycles. The molecule has 0 bridgehead atoms. The van der Waals surface area contributed by atoms with E-state index in [0.717, 1.165) is 12.8 Å². The smallest absolute Gasteiger partial charge is 0.284 e. The first-order valence-corrected chi connectivity index (χ1v) is 6.90. The minimum absolute atomic E-state index is 0.0576. The molecule has 1 saturated heterocycles. The summed E-state index contributed by atoms with van der Waals surface area (Å²) in [4.78, 5) is 29.8. The van der Waals surface area contributed by atoms with E-state index in [2.05, 4.69) is 11.1 Å². The number of imidazole rings is 1. The topological polar surface area (TPSA) is 105 Å². The zero-order valence-electron chi connectivity index (χ0n) is 12.2. The van der Waals surface area contributed by atoms with Crippen LogP contribution in [0.2, 0.25) is 0 Å². The molecule has 2 amide bonds. The van der Waals surface area contributed by atoms with E-state index in [4.69, 9.17) is 11.0 Å². The number of nitriles is 1. The Hall–Kier alpha value is -2.36. The Kier molecular flexibility index (Phi) is 3.98. The molecule has 0 saturated carbocycles. The van der Waals surface area contributed by atoms with Crippen molar-refractivity contribution >= 4 is 11.8 Å². The third-order valence-corrected chi connectivity index (χ3v) is 3.88. The van der Waals surface area contributed by atoms with Gasteiger partial charge in [-0.05, 0) is 26.7 Å². The lowest BCUT2D eigenvalue weighted by atomic mass is 9.96. The van der Waals surface area contributed by atoms with Crippen molar-refractivity contribution in [3.63, 3.8) is 0 Å². The maximum absolute atomic E-state index is 12.8. The van der Waals surface area contributed by atoms with Crippen molar-refractivity contribution in [2.24, 2.45) is 11.7 Å². The molecule has 7 nitrogen and oxygen atoms in total. The van der Waals surface area contributed by atoms with Gasteiger partial charge in [-0.1, -0.05) is 0 Å². The summed E-state index contributed by atoms with van der Waals surface area (Å²) in [5, 5.41) is 9.03. The van der Waals surface area contributed by atoms with Crippen molar-refractivity contribution in [1.29, 1.82) is 5.26 Å². The molecule has 1 atom stereocenters. The van der Waals surface area contributed by atoms with E-state index in [1.165, 1.54) is 10.8 Å². The summed E-state index contributed by atoms with van der Waals surface area (Å²) in [6.07, 6.45) is 4.65. The van der Waals surface area contributed by atoms with Gasteiger partial charge in [0.15, 0.2) is 5.82 Å². The van der Waals surface area contributed by atoms with Gasteiger partial charge >= 0.3 is 0 Å². The highest BCUT2D eigenvalue weighted by Gasteiger charge is 2.37. The molecule has 2 N–H and O–H groups in total. The highest BCUT2D eigenvalue weighted by molar-refractivity contribution is 5.91. The molecular weight excluding hydrogens is 270 g/mol. The maximum atomic E-state index is 12.8. The van der Waals surface area contributed by atoms with Crippen LogP contribution in [0.5, 0.6) is 0 Å². The predicted molar refractivity (Wildman–Crippen MR) is 75.0 cm³/mol. The second-order valence-electron chi connectivity index (χ2n) is 5.76. The molecule has 2 rings (SSSR count). The lowest BCUT2D eigenvalue weighted by molar-refractivity contribution is -0.140. The van der Waals surface area contributed by atoms with Gasteiger partial charge in [-0.3, -0.25) is 9.59 Å². The molecular formula is C14H19N5O2. The van der Waals surface area contributed by atoms with Gasteiger partial charge in [0, 0.05) is 25.5 Å². The Morgan fingerprint density at radius 2 is 2.24 bits per heavy atom. The third kappa shape index (κ3) is 2.75. The quantitative estimate of drug-likeness (QED) is 0.873. The molecule has 1 unspecified atom stereocenters. The van der Waals surface area contributed by atoms with Gasteiger partial charge in [0.1, 0.15) is 5.54 Å². The summed E-state index contributed by atoms with van der Waals surface area (Å²) >= 11 is 0. The number of likely N-dealkylation sites (tertiary alicyclic amines) is 1. The molecule has 1 aliphatic heterocycles. The largest absolute Gasteiger partial charge is 0.363 e. The van der Waals surface area contributed by atoms with E-state index in [1.54, 1.807) is 24.9 Å². The Labute approximate surface area is 123 Å². The second-order valence-corrected chi connectivity index (χ2v) is 5.76. The number of amides is 2. The number of carbonyl (C=O) groups excluding carboxylic acids is 2. The van der Waals surface area contributed by atoms with Crippen molar-refractivity contribution in [1.82, 2.24) is 14.5 Å². The fourth-order valence-electron chi connectivity index (χ4n) is 2.69. The highest BCUT2D eigenvalue weighted by atomic mass is 16.2. The molecule has 1 aromatic rings.